The third-order valence-electron chi connectivity index (χ3n) is 4.99. The molecule has 6 heteroatoms. The van der Waals surface area contributed by atoms with E-state index in [0.29, 0.717) is 24.7 Å². The van der Waals surface area contributed by atoms with Crippen molar-refractivity contribution in [1.82, 2.24) is 15.2 Å². The maximum absolute atomic E-state index is 13.7. The maximum Gasteiger partial charge on any atom is 0.256 e. The van der Waals surface area contributed by atoms with Gasteiger partial charge in [-0.3, -0.25) is 4.79 Å². The first kappa shape index (κ1) is 19.3. The number of piperazine rings is 1. The number of pyridine rings is 1. The highest BCUT2D eigenvalue weighted by Gasteiger charge is 2.29. The lowest BCUT2D eigenvalue weighted by molar-refractivity contribution is 0.0633. The fourth-order valence-electron chi connectivity index (χ4n) is 3.60. The number of benzene rings is 1. The zero-order valence-electron chi connectivity index (χ0n) is 16.2. The Hall–Kier alpha value is -2.47. The smallest absolute Gasteiger partial charge is 0.256 e. The van der Waals surface area contributed by atoms with E-state index in [1.165, 1.54) is 12.1 Å². The Morgan fingerprint density at radius 3 is 2.81 bits per heavy atom. The second-order valence-electron chi connectivity index (χ2n) is 7.06. The van der Waals surface area contributed by atoms with Crippen molar-refractivity contribution in [2.45, 2.75) is 32.9 Å². The standard InChI is InChI=1S/C21H27FN4O/c1-4-25(15(2)3)20-9-8-17(13-24-20)21(27)26-11-10-23-14-19(26)16-6-5-7-18(22)12-16/h5-9,12-13,15,19,23H,4,10-11,14H2,1-3H3. The van der Waals surface area contributed by atoms with Crippen LogP contribution >= 0.6 is 0 Å². The van der Waals surface area contributed by atoms with Crippen molar-refractivity contribution in [2.24, 2.45) is 0 Å². The number of hydrogen-bond donors (Lipinski definition) is 1. The molecule has 1 aromatic heterocycles. The summed E-state index contributed by atoms with van der Waals surface area (Å²) in [6.07, 6.45) is 1.65. The molecule has 0 bridgehead atoms. The largest absolute Gasteiger partial charge is 0.354 e. The predicted molar refractivity (Wildman–Crippen MR) is 105 cm³/mol. The van der Waals surface area contributed by atoms with Gasteiger partial charge in [-0.1, -0.05) is 12.1 Å². The van der Waals surface area contributed by atoms with Crippen LogP contribution in [0.3, 0.4) is 0 Å². The molecule has 5 nitrogen and oxygen atoms in total. The molecule has 0 spiro atoms. The van der Waals surface area contributed by atoms with Crippen molar-refractivity contribution < 1.29 is 9.18 Å². The number of carbonyl (C=O) groups excluding carboxylic acids is 1. The van der Waals surface area contributed by atoms with E-state index in [1.54, 1.807) is 12.3 Å². The van der Waals surface area contributed by atoms with Gasteiger partial charge >= 0.3 is 0 Å². The average Bonchev–Trinajstić information content (AvgIpc) is 2.68. The number of nitrogens with one attached hydrogen (secondary N) is 1. The Kier molecular flexibility index (Phi) is 6.06. The van der Waals surface area contributed by atoms with E-state index < -0.39 is 0 Å². The summed E-state index contributed by atoms with van der Waals surface area (Å²) < 4.78 is 13.7. The molecule has 1 aliphatic rings. The number of carbonyl (C=O) groups is 1. The zero-order valence-corrected chi connectivity index (χ0v) is 16.2. The summed E-state index contributed by atoms with van der Waals surface area (Å²) in [6, 6.07) is 10.4. The van der Waals surface area contributed by atoms with Gasteiger partial charge in [0.1, 0.15) is 11.6 Å². The van der Waals surface area contributed by atoms with Gasteiger partial charge in [-0.2, -0.15) is 0 Å². The molecule has 1 unspecified atom stereocenters. The first-order valence-corrected chi connectivity index (χ1v) is 9.51. The molecular formula is C21H27FN4O. The van der Waals surface area contributed by atoms with Crippen LogP contribution in [0.15, 0.2) is 42.6 Å². The van der Waals surface area contributed by atoms with Crippen LogP contribution < -0.4 is 10.2 Å². The molecule has 0 radical (unpaired) electrons. The highest BCUT2D eigenvalue weighted by molar-refractivity contribution is 5.94. The minimum Gasteiger partial charge on any atom is -0.354 e. The van der Waals surface area contributed by atoms with Crippen LogP contribution in [0, 0.1) is 5.82 Å². The first-order chi connectivity index (χ1) is 13.0. The molecule has 2 aromatic rings. The van der Waals surface area contributed by atoms with E-state index in [2.05, 4.69) is 36.0 Å². The molecule has 1 saturated heterocycles. The van der Waals surface area contributed by atoms with Crippen molar-refractivity contribution in [3.8, 4) is 0 Å². The van der Waals surface area contributed by atoms with Gasteiger partial charge < -0.3 is 15.1 Å². The van der Waals surface area contributed by atoms with Gasteiger partial charge in [0.2, 0.25) is 0 Å². The number of hydrogen-bond acceptors (Lipinski definition) is 4. The molecule has 1 aromatic carbocycles. The highest BCUT2D eigenvalue weighted by atomic mass is 19.1. The van der Waals surface area contributed by atoms with E-state index >= 15 is 0 Å². The minimum absolute atomic E-state index is 0.0718. The number of nitrogens with zero attached hydrogens (tertiary/aromatic N) is 3. The monoisotopic (exact) mass is 370 g/mol. The van der Waals surface area contributed by atoms with Crippen LogP contribution in [0.2, 0.25) is 0 Å². The molecule has 1 fully saturated rings. The van der Waals surface area contributed by atoms with Crippen molar-refractivity contribution in [3.63, 3.8) is 0 Å². The summed E-state index contributed by atoms with van der Waals surface area (Å²) in [5, 5.41) is 3.29. The zero-order chi connectivity index (χ0) is 19.4. The van der Waals surface area contributed by atoms with Gasteiger partial charge in [0, 0.05) is 38.4 Å². The number of anilines is 1. The lowest BCUT2D eigenvalue weighted by Crippen LogP contribution is -2.48. The second-order valence-corrected chi connectivity index (χ2v) is 7.06. The lowest BCUT2D eigenvalue weighted by atomic mass is 10.0. The van der Waals surface area contributed by atoms with E-state index in [4.69, 9.17) is 0 Å². The predicted octanol–water partition coefficient (Wildman–Crippen LogP) is 3.24. The Balaban J connectivity index is 1.82. The molecule has 0 saturated carbocycles. The quantitative estimate of drug-likeness (QED) is 0.878. The van der Waals surface area contributed by atoms with Crippen LogP contribution in [0.4, 0.5) is 10.2 Å². The number of rotatable bonds is 5. The van der Waals surface area contributed by atoms with Crippen molar-refractivity contribution in [3.05, 3.63) is 59.5 Å². The fourth-order valence-corrected chi connectivity index (χ4v) is 3.60. The van der Waals surface area contributed by atoms with Crippen LogP contribution in [-0.2, 0) is 0 Å². The summed E-state index contributed by atoms with van der Waals surface area (Å²) >= 11 is 0. The van der Waals surface area contributed by atoms with E-state index in [-0.39, 0.29) is 17.8 Å². The first-order valence-electron chi connectivity index (χ1n) is 9.51. The SMILES string of the molecule is CCN(c1ccc(C(=O)N2CCNCC2c2cccc(F)c2)cn1)C(C)C. The molecule has 0 aliphatic carbocycles. The van der Waals surface area contributed by atoms with E-state index in [0.717, 1.165) is 24.5 Å². The third kappa shape index (κ3) is 4.27. The summed E-state index contributed by atoms with van der Waals surface area (Å²) in [7, 11) is 0. The minimum atomic E-state index is -0.287. The molecular weight excluding hydrogens is 343 g/mol. The van der Waals surface area contributed by atoms with Crippen LogP contribution in [-0.4, -0.2) is 48.0 Å². The molecule has 144 valence electrons. The highest BCUT2D eigenvalue weighted by Crippen LogP contribution is 2.25. The Labute approximate surface area is 160 Å². The maximum atomic E-state index is 13.7. The van der Waals surface area contributed by atoms with Gasteiger partial charge in [-0.15, -0.1) is 0 Å². The van der Waals surface area contributed by atoms with Gasteiger partial charge in [-0.25, -0.2) is 9.37 Å². The van der Waals surface area contributed by atoms with E-state index in [9.17, 15) is 9.18 Å². The Bertz CT molecular complexity index is 778. The third-order valence-corrected chi connectivity index (χ3v) is 4.99. The molecule has 1 aliphatic heterocycles. The average molecular weight is 370 g/mol. The molecule has 1 N–H and O–H groups in total. The number of amides is 1. The molecule has 2 heterocycles. The lowest BCUT2D eigenvalue weighted by Gasteiger charge is -2.36. The van der Waals surface area contributed by atoms with Crippen molar-refractivity contribution in [1.29, 1.82) is 0 Å². The Morgan fingerprint density at radius 2 is 2.19 bits per heavy atom. The summed E-state index contributed by atoms with van der Waals surface area (Å²) in [4.78, 5) is 21.6. The van der Waals surface area contributed by atoms with E-state index in [1.807, 2.05) is 23.1 Å². The topological polar surface area (TPSA) is 48.5 Å². The van der Waals surface area contributed by atoms with Crippen LogP contribution in [0.5, 0.6) is 0 Å². The summed E-state index contributed by atoms with van der Waals surface area (Å²) in [5.74, 6) is 0.508. The molecule has 1 amide bonds. The number of aromatic nitrogens is 1. The molecule has 3 rings (SSSR count). The van der Waals surface area contributed by atoms with Gasteiger partial charge in [0.25, 0.3) is 5.91 Å². The fraction of sp³-hybridized carbons (Fsp3) is 0.429. The van der Waals surface area contributed by atoms with Gasteiger partial charge in [0.05, 0.1) is 11.6 Å². The van der Waals surface area contributed by atoms with Crippen molar-refractivity contribution >= 4 is 11.7 Å². The normalized spacial score (nSPS) is 17.2. The number of halogens is 1. The van der Waals surface area contributed by atoms with Gasteiger partial charge in [0.15, 0.2) is 0 Å². The van der Waals surface area contributed by atoms with Crippen LogP contribution in [0.1, 0.15) is 42.7 Å². The van der Waals surface area contributed by atoms with Crippen molar-refractivity contribution in [2.75, 3.05) is 31.1 Å². The van der Waals surface area contributed by atoms with Crippen LogP contribution in [0.25, 0.3) is 0 Å². The summed E-state index contributed by atoms with van der Waals surface area (Å²) in [5.41, 5.74) is 1.36. The summed E-state index contributed by atoms with van der Waals surface area (Å²) in [6.45, 7) is 9.10. The molecule has 1 atom stereocenters. The van der Waals surface area contributed by atoms with Gasteiger partial charge in [-0.05, 0) is 50.6 Å². The second kappa shape index (κ2) is 8.48. The Morgan fingerprint density at radius 1 is 1.37 bits per heavy atom. The molecule has 27 heavy (non-hydrogen) atoms.